The van der Waals surface area contributed by atoms with Crippen molar-refractivity contribution in [3.63, 3.8) is 0 Å². The molecule has 0 amide bonds. The molecule has 2 N–H and O–H groups in total. The fourth-order valence-electron chi connectivity index (χ4n) is 1.96. The molecule has 0 aliphatic rings. The summed E-state index contributed by atoms with van der Waals surface area (Å²) in [6, 6.07) is 6.34. The van der Waals surface area contributed by atoms with Gasteiger partial charge >= 0.3 is 11.9 Å². The third-order valence-electron chi connectivity index (χ3n) is 2.80. The van der Waals surface area contributed by atoms with Crippen molar-refractivity contribution in [2.45, 2.75) is 12.8 Å². The molecule has 0 aromatic heterocycles. The summed E-state index contributed by atoms with van der Waals surface area (Å²) >= 11 is 0. The summed E-state index contributed by atoms with van der Waals surface area (Å²) < 4.78 is 0. The van der Waals surface area contributed by atoms with E-state index in [2.05, 4.69) is 13.2 Å². The second-order valence-electron chi connectivity index (χ2n) is 4.10. The van der Waals surface area contributed by atoms with Gasteiger partial charge in [-0.3, -0.25) is 0 Å². The SMILES string of the molecule is C=CCC(C(=O)O)=C(CC=C)c1ccccc1C(=O)O. The first-order valence-corrected chi connectivity index (χ1v) is 6.02. The van der Waals surface area contributed by atoms with Crippen molar-refractivity contribution in [3.8, 4) is 0 Å². The third-order valence-corrected chi connectivity index (χ3v) is 2.80. The summed E-state index contributed by atoms with van der Waals surface area (Å²) in [6.07, 6.45) is 3.47. The van der Waals surface area contributed by atoms with Gasteiger partial charge < -0.3 is 10.2 Å². The highest BCUT2D eigenvalue weighted by Crippen LogP contribution is 2.28. The molecule has 4 heteroatoms. The zero-order valence-electron chi connectivity index (χ0n) is 11.0. The molecule has 1 aromatic rings. The number of carbonyl (C=O) groups is 2. The Kier molecular flexibility index (Phi) is 5.47. The fourth-order valence-corrected chi connectivity index (χ4v) is 1.96. The minimum absolute atomic E-state index is 0.0761. The molecular formula is C16H16O4. The summed E-state index contributed by atoms with van der Waals surface area (Å²) in [4.78, 5) is 22.6. The maximum absolute atomic E-state index is 11.4. The lowest BCUT2D eigenvalue weighted by atomic mass is 9.91. The van der Waals surface area contributed by atoms with Crippen LogP contribution < -0.4 is 0 Å². The van der Waals surface area contributed by atoms with Crippen molar-refractivity contribution < 1.29 is 19.8 Å². The van der Waals surface area contributed by atoms with Crippen LogP contribution in [0.25, 0.3) is 5.57 Å². The summed E-state index contributed by atoms with van der Waals surface area (Å²) in [5.74, 6) is -2.17. The Morgan fingerprint density at radius 2 is 1.55 bits per heavy atom. The van der Waals surface area contributed by atoms with E-state index in [0.717, 1.165) is 0 Å². The van der Waals surface area contributed by atoms with E-state index in [-0.39, 0.29) is 24.0 Å². The highest BCUT2D eigenvalue weighted by molar-refractivity contribution is 6.01. The molecule has 0 spiro atoms. The van der Waals surface area contributed by atoms with E-state index < -0.39 is 11.9 Å². The molecule has 0 unspecified atom stereocenters. The lowest BCUT2D eigenvalue weighted by Crippen LogP contribution is -2.07. The van der Waals surface area contributed by atoms with Crippen LogP contribution in [0.15, 0.2) is 55.1 Å². The van der Waals surface area contributed by atoms with Crippen LogP contribution in [-0.2, 0) is 4.79 Å². The molecule has 104 valence electrons. The topological polar surface area (TPSA) is 74.6 Å². The molecule has 0 saturated carbocycles. The molecule has 0 bridgehead atoms. The van der Waals surface area contributed by atoms with Crippen molar-refractivity contribution in [3.05, 3.63) is 66.3 Å². The van der Waals surface area contributed by atoms with Crippen LogP contribution in [0.4, 0.5) is 0 Å². The molecule has 20 heavy (non-hydrogen) atoms. The summed E-state index contributed by atoms with van der Waals surface area (Å²) in [6.45, 7) is 7.14. The Bertz CT molecular complexity index is 582. The van der Waals surface area contributed by atoms with Gasteiger partial charge in [-0.25, -0.2) is 9.59 Å². The molecule has 0 fully saturated rings. The minimum Gasteiger partial charge on any atom is -0.478 e. The number of carboxylic acids is 2. The number of carboxylic acid groups (broad SMARTS) is 2. The lowest BCUT2D eigenvalue weighted by Gasteiger charge is -2.13. The number of aromatic carboxylic acids is 1. The molecule has 0 saturated heterocycles. The second-order valence-corrected chi connectivity index (χ2v) is 4.10. The monoisotopic (exact) mass is 272 g/mol. The third kappa shape index (κ3) is 3.45. The van der Waals surface area contributed by atoms with Gasteiger partial charge in [0.25, 0.3) is 0 Å². The first kappa shape index (κ1) is 15.4. The molecule has 1 rings (SSSR count). The van der Waals surface area contributed by atoms with Crippen LogP contribution in [0.5, 0.6) is 0 Å². The van der Waals surface area contributed by atoms with Crippen molar-refractivity contribution in [1.29, 1.82) is 0 Å². The van der Waals surface area contributed by atoms with Gasteiger partial charge in [0.1, 0.15) is 0 Å². The molecular weight excluding hydrogens is 256 g/mol. The Morgan fingerprint density at radius 3 is 2.00 bits per heavy atom. The molecule has 0 heterocycles. The average molecular weight is 272 g/mol. The Balaban J connectivity index is 3.58. The average Bonchev–Trinajstić information content (AvgIpc) is 2.42. The zero-order chi connectivity index (χ0) is 15.1. The van der Waals surface area contributed by atoms with Crippen molar-refractivity contribution in [1.82, 2.24) is 0 Å². The predicted octanol–water partition coefficient (Wildman–Crippen LogP) is 3.38. The minimum atomic E-state index is -1.09. The van der Waals surface area contributed by atoms with E-state index in [4.69, 9.17) is 0 Å². The summed E-state index contributed by atoms with van der Waals surface area (Å²) in [5.41, 5.74) is 1.06. The molecule has 0 atom stereocenters. The first-order valence-electron chi connectivity index (χ1n) is 6.02. The van der Waals surface area contributed by atoms with Crippen molar-refractivity contribution >= 4 is 17.5 Å². The standard InChI is InChI=1S/C16H16O4/c1-3-7-11(13(8-4-2)15(17)18)12-9-5-6-10-14(12)16(19)20/h3-6,9-10H,1-2,7-8H2,(H,17,18)(H,19,20). The first-order chi connectivity index (χ1) is 9.52. The smallest absolute Gasteiger partial charge is 0.336 e. The predicted molar refractivity (Wildman–Crippen MR) is 77.6 cm³/mol. The lowest BCUT2D eigenvalue weighted by molar-refractivity contribution is -0.132. The number of rotatable bonds is 7. The van der Waals surface area contributed by atoms with Gasteiger partial charge in [0, 0.05) is 5.57 Å². The highest BCUT2D eigenvalue weighted by Gasteiger charge is 2.18. The Labute approximate surface area is 117 Å². The number of hydrogen-bond acceptors (Lipinski definition) is 2. The van der Waals surface area contributed by atoms with Gasteiger partial charge in [-0.1, -0.05) is 30.4 Å². The number of benzene rings is 1. The summed E-state index contributed by atoms with van der Waals surface area (Å²) in [5, 5.41) is 18.5. The van der Waals surface area contributed by atoms with E-state index >= 15 is 0 Å². The van der Waals surface area contributed by atoms with E-state index in [9.17, 15) is 19.8 Å². The van der Waals surface area contributed by atoms with Crippen LogP contribution in [0.3, 0.4) is 0 Å². The molecule has 0 radical (unpaired) electrons. The van der Waals surface area contributed by atoms with Gasteiger partial charge in [-0.05, 0) is 30.0 Å². The van der Waals surface area contributed by atoms with Gasteiger partial charge in [-0.15, -0.1) is 13.2 Å². The number of aliphatic carboxylic acids is 1. The molecule has 4 nitrogen and oxygen atoms in total. The van der Waals surface area contributed by atoms with Crippen molar-refractivity contribution in [2.24, 2.45) is 0 Å². The van der Waals surface area contributed by atoms with Gasteiger partial charge in [-0.2, -0.15) is 0 Å². The van der Waals surface area contributed by atoms with Crippen LogP contribution in [0.1, 0.15) is 28.8 Å². The zero-order valence-corrected chi connectivity index (χ0v) is 11.0. The normalized spacial score (nSPS) is 11.4. The Morgan fingerprint density at radius 1 is 1.00 bits per heavy atom. The van der Waals surface area contributed by atoms with E-state index in [1.165, 1.54) is 12.1 Å². The molecule has 0 aliphatic carbocycles. The second kappa shape index (κ2) is 7.09. The van der Waals surface area contributed by atoms with Crippen LogP contribution in [0, 0.1) is 0 Å². The maximum atomic E-state index is 11.4. The fraction of sp³-hybridized carbons (Fsp3) is 0.125. The largest absolute Gasteiger partial charge is 0.478 e. The van der Waals surface area contributed by atoms with Crippen LogP contribution in [0.2, 0.25) is 0 Å². The van der Waals surface area contributed by atoms with E-state index in [1.807, 2.05) is 0 Å². The quantitative estimate of drug-likeness (QED) is 0.589. The van der Waals surface area contributed by atoms with Gasteiger partial charge in [0.2, 0.25) is 0 Å². The Hall–Kier alpha value is -2.62. The van der Waals surface area contributed by atoms with Gasteiger partial charge in [0.15, 0.2) is 0 Å². The molecule has 1 aromatic carbocycles. The van der Waals surface area contributed by atoms with Crippen LogP contribution in [-0.4, -0.2) is 22.2 Å². The highest BCUT2D eigenvalue weighted by atomic mass is 16.4. The number of hydrogen-bond donors (Lipinski definition) is 2. The van der Waals surface area contributed by atoms with Crippen molar-refractivity contribution in [2.75, 3.05) is 0 Å². The van der Waals surface area contributed by atoms with Crippen LogP contribution >= 0.6 is 0 Å². The maximum Gasteiger partial charge on any atom is 0.336 e. The summed E-state index contributed by atoms with van der Waals surface area (Å²) in [7, 11) is 0. The van der Waals surface area contributed by atoms with Gasteiger partial charge in [0.05, 0.1) is 5.56 Å². The van der Waals surface area contributed by atoms with E-state index in [0.29, 0.717) is 11.1 Å². The molecule has 0 aliphatic heterocycles. The number of allylic oxidation sites excluding steroid dienone is 3. The van der Waals surface area contributed by atoms with E-state index in [1.54, 1.807) is 24.3 Å².